The van der Waals surface area contributed by atoms with Gasteiger partial charge in [0.1, 0.15) is 15.8 Å². The molecule has 1 amide bonds. The Labute approximate surface area is 197 Å². The molecule has 3 aromatic rings. The molecule has 0 fully saturated rings. The fourth-order valence-corrected chi connectivity index (χ4v) is 3.67. The molecule has 0 N–H and O–H groups in total. The van der Waals surface area contributed by atoms with Gasteiger partial charge in [-0.05, 0) is 30.3 Å². The topological polar surface area (TPSA) is 87.4 Å². The minimum Gasteiger partial charge on any atom is -0.537 e. The van der Waals surface area contributed by atoms with Crippen molar-refractivity contribution in [2.75, 3.05) is 0 Å². The van der Waals surface area contributed by atoms with Crippen molar-refractivity contribution in [2.45, 2.75) is 4.90 Å². The minimum atomic E-state index is -4.24. The molecule has 138 valence electrons. The van der Waals surface area contributed by atoms with Crippen molar-refractivity contribution >= 4 is 43.5 Å². The Bertz CT molecular complexity index is 1080. The van der Waals surface area contributed by atoms with Crippen LogP contribution in [0.5, 0.6) is 11.6 Å². The summed E-state index contributed by atoms with van der Waals surface area (Å²) in [6.07, 6.45) is 1.08. The number of carbonyl (C=O) groups excluding carboxylic acids is 1. The number of rotatable bonds is 5. The molecule has 28 heavy (non-hydrogen) atoms. The molecule has 0 unspecified atom stereocenters. The summed E-state index contributed by atoms with van der Waals surface area (Å²) in [5.41, 5.74) is -0.0135. The van der Waals surface area contributed by atoms with Crippen molar-refractivity contribution in [3.8, 4) is 11.6 Å². The molecule has 0 saturated heterocycles. The Morgan fingerprint density at radius 1 is 1.07 bits per heavy atom. The maximum absolute atomic E-state index is 12.3. The number of sulfonamides is 1. The summed E-state index contributed by atoms with van der Waals surface area (Å²) >= 11 is 9.17. The molecule has 0 atom stereocenters. The molecule has 0 spiro atoms. The molecule has 2 aromatic carbocycles. The Hall–Kier alpha value is -1.42. The molecular formula is C18H11BrClN2NaO4S. The first-order valence-corrected chi connectivity index (χ1v) is 10.1. The third kappa shape index (κ3) is 5.79. The van der Waals surface area contributed by atoms with Crippen LogP contribution in [0.15, 0.2) is 76.2 Å². The van der Waals surface area contributed by atoms with E-state index < -0.39 is 15.9 Å². The summed E-state index contributed by atoms with van der Waals surface area (Å²) in [6, 6.07) is 16.0. The maximum Gasteiger partial charge on any atom is 1.00 e. The quantitative estimate of drug-likeness (QED) is 0.513. The van der Waals surface area contributed by atoms with Gasteiger partial charge in [-0.25, -0.2) is 13.4 Å². The van der Waals surface area contributed by atoms with Crippen LogP contribution in [0.25, 0.3) is 4.72 Å². The fourth-order valence-electron chi connectivity index (χ4n) is 2.06. The number of para-hydroxylation sites is 1. The van der Waals surface area contributed by atoms with E-state index in [-0.39, 0.29) is 50.9 Å². The molecule has 0 aliphatic carbocycles. The molecule has 0 radical (unpaired) electrons. The van der Waals surface area contributed by atoms with Gasteiger partial charge < -0.3 is 14.3 Å². The summed E-state index contributed by atoms with van der Waals surface area (Å²) < 4.78 is 34.1. The molecule has 0 aliphatic rings. The van der Waals surface area contributed by atoms with Crippen molar-refractivity contribution in [2.24, 2.45) is 0 Å². The van der Waals surface area contributed by atoms with Gasteiger partial charge in [-0.1, -0.05) is 51.8 Å². The average molecular weight is 490 g/mol. The number of amides is 1. The standard InChI is InChI=1S/C18H12BrClN2O4S.Na/c19-12-6-8-15(16(20)10-12)18(23)22-27(24,25)14-7-9-17(21-11-14)26-13-4-2-1-3-5-13;/h1-11H,(H,22,23);/q;+1/p-1. The minimum absolute atomic E-state index is 0. The second kappa shape index (κ2) is 9.87. The Morgan fingerprint density at radius 3 is 2.39 bits per heavy atom. The summed E-state index contributed by atoms with van der Waals surface area (Å²) in [5.74, 6) is -0.190. The van der Waals surface area contributed by atoms with Gasteiger partial charge in [-0.3, -0.25) is 0 Å². The summed E-state index contributed by atoms with van der Waals surface area (Å²) in [5, 5.41) is 0.0954. The first-order valence-electron chi connectivity index (χ1n) is 7.51. The monoisotopic (exact) mass is 488 g/mol. The van der Waals surface area contributed by atoms with E-state index in [4.69, 9.17) is 16.3 Å². The van der Waals surface area contributed by atoms with Gasteiger partial charge in [0, 0.05) is 22.3 Å². The second-order valence-electron chi connectivity index (χ2n) is 5.24. The first kappa shape index (κ1) is 22.9. The van der Waals surface area contributed by atoms with Gasteiger partial charge in [0.25, 0.3) is 0 Å². The van der Waals surface area contributed by atoms with Crippen molar-refractivity contribution in [3.63, 3.8) is 0 Å². The molecule has 0 bridgehead atoms. The van der Waals surface area contributed by atoms with Crippen molar-refractivity contribution < 1.29 is 47.5 Å². The van der Waals surface area contributed by atoms with E-state index in [0.717, 1.165) is 6.20 Å². The first-order chi connectivity index (χ1) is 12.8. The van der Waals surface area contributed by atoms with Crippen molar-refractivity contribution in [1.82, 2.24) is 4.98 Å². The number of benzene rings is 2. The van der Waals surface area contributed by atoms with Crippen LogP contribution in [0.3, 0.4) is 0 Å². The van der Waals surface area contributed by atoms with Gasteiger partial charge in [-0.2, -0.15) is 0 Å². The zero-order valence-electron chi connectivity index (χ0n) is 14.5. The predicted molar refractivity (Wildman–Crippen MR) is 105 cm³/mol. The van der Waals surface area contributed by atoms with Crippen LogP contribution >= 0.6 is 27.5 Å². The number of hydrogen-bond donors (Lipinski definition) is 0. The van der Waals surface area contributed by atoms with Crippen molar-refractivity contribution in [1.29, 1.82) is 0 Å². The number of aromatic nitrogens is 1. The van der Waals surface area contributed by atoms with E-state index in [0.29, 0.717) is 10.2 Å². The van der Waals surface area contributed by atoms with Crippen LogP contribution in [-0.2, 0) is 10.0 Å². The van der Waals surface area contributed by atoms with Crippen LogP contribution in [0.4, 0.5) is 0 Å². The number of pyridine rings is 1. The van der Waals surface area contributed by atoms with Crippen LogP contribution in [0.2, 0.25) is 5.02 Å². The van der Waals surface area contributed by atoms with Gasteiger partial charge in [0.15, 0.2) is 0 Å². The average Bonchev–Trinajstić information content (AvgIpc) is 2.62. The molecular weight excluding hydrogens is 479 g/mol. The molecule has 6 nitrogen and oxygen atoms in total. The molecule has 10 heteroatoms. The smallest absolute Gasteiger partial charge is 0.537 e. The molecule has 0 aliphatic heterocycles. The number of ether oxygens (including phenoxy) is 1. The van der Waals surface area contributed by atoms with Crippen molar-refractivity contribution in [3.05, 3.63) is 86.6 Å². The number of halogens is 2. The summed E-state index contributed by atoms with van der Waals surface area (Å²) in [6.45, 7) is 0. The summed E-state index contributed by atoms with van der Waals surface area (Å²) in [7, 11) is -4.24. The Balaban J connectivity index is 0.00000280. The van der Waals surface area contributed by atoms with E-state index in [9.17, 15) is 13.2 Å². The van der Waals surface area contributed by atoms with Gasteiger partial charge >= 0.3 is 29.6 Å². The normalized spacial score (nSPS) is 10.6. The van der Waals surface area contributed by atoms with Gasteiger partial charge in [-0.15, -0.1) is 0 Å². The van der Waals surface area contributed by atoms with Crippen LogP contribution < -0.4 is 34.3 Å². The van der Waals surface area contributed by atoms with Crippen LogP contribution in [0.1, 0.15) is 10.4 Å². The molecule has 0 saturated carbocycles. The molecule has 1 heterocycles. The van der Waals surface area contributed by atoms with Gasteiger partial charge in [0.05, 0.1) is 15.8 Å². The van der Waals surface area contributed by atoms with Crippen LogP contribution in [0, 0.1) is 0 Å². The van der Waals surface area contributed by atoms with E-state index in [1.165, 1.54) is 24.3 Å². The fraction of sp³-hybridized carbons (Fsp3) is 0. The van der Waals surface area contributed by atoms with E-state index in [1.54, 1.807) is 30.3 Å². The van der Waals surface area contributed by atoms with E-state index in [1.807, 2.05) is 6.07 Å². The van der Waals surface area contributed by atoms with Gasteiger partial charge in [0.2, 0.25) is 5.88 Å². The number of nitrogens with zero attached hydrogens (tertiary/aromatic N) is 2. The third-order valence-corrected chi connectivity index (χ3v) is 5.39. The maximum atomic E-state index is 12.3. The summed E-state index contributed by atoms with van der Waals surface area (Å²) in [4.78, 5) is 15.9. The Kier molecular flexibility index (Phi) is 8.06. The zero-order valence-corrected chi connectivity index (χ0v) is 19.7. The number of hydrogen-bond acceptors (Lipinski definition) is 5. The van der Waals surface area contributed by atoms with E-state index >= 15 is 0 Å². The predicted octanol–water partition coefficient (Wildman–Crippen LogP) is 2.20. The second-order valence-corrected chi connectivity index (χ2v) is 8.17. The molecule has 1 aromatic heterocycles. The Morgan fingerprint density at radius 2 is 1.79 bits per heavy atom. The zero-order chi connectivity index (χ0) is 19.4. The van der Waals surface area contributed by atoms with E-state index in [2.05, 4.69) is 25.6 Å². The number of carbonyl (C=O) groups is 1. The third-order valence-electron chi connectivity index (χ3n) is 3.34. The van der Waals surface area contributed by atoms with Crippen LogP contribution in [-0.4, -0.2) is 19.3 Å². The largest absolute Gasteiger partial charge is 1.00 e. The molecule has 3 rings (SSSR count). The SMILES string of the molecule is O=C([N-]S(=O)(=O)c1ccc(Oc2ccccc2)nc1)c1ccc(Br)cc1Cl.[Na+].